The number of hydrogen-bond acceptors (Lipinski definition) is 4. The number of unbranched alkanes of at least 4 members (excludes halogenated alkanes) is 6. The van der Waals surface area contributed by atoms with Crippen molar-refractivity contribution >= 4 is 16.2 Å². The molecule has 0 fully saturated rings. The summed E-state index contributed by atoms with van der Waals surface area (Å²) in [6.45, 7) is 4.88. The van der Waals surface area contributed by atoms with E-state index in [-0.39, 0.29) is 5.75 Å². The molecule has 0 saturated heterocycles. The van der Waals surface area contributed by atoms with Crippen molar-refractivity contribution in [2.75, 3.05) is 12.4 Å². The van der Waals surface area contributed by atoms with Gasteiger partial charge in [-0.2, -0.15) is 8.42 Å². The van der Waals surface area contributed by atoms with Gasteiger partial charge in [0.1, 0.15) is 18.1 Å². The van der Waals surface area contributed by atoms with Crippen LogP contribution in [0.1, 0.15) is 56.1 Å². The van der Waals surface area contributed by atoms with Crippen molar-refractivity contribution < 1.29 is 22.4 Å². The Morgan fingerprint density at radius 2 is 1.33 bits per heavy atom. The van der Waals surface area contributed by atoms with Gasteiger partial charge < -0.3 is 9.47 Å². The third-order valence-electron chi connectivity index (χ3n) is 5.96. The van der Waals surface area contributed by atoms with Crippen LogP contribution in [-0.2, 0) is 16.7 Å². The van der Waals surface area contributed by atoms with Gasteiger partial charge in [-0.25, -0.2) is 0 Å². The smallest absolute Gasteiger partial charge is 0.264 e. The van der Waals surface area contributed by atoms with Crippen molar-refractivity contribution in [2.45, 2.75) is 51.6 Å². The number of ether oxygens (including phenoxy) is 2. The predicted octanol–water partition coefficient (Wildman–Crippen LogP) is 7.57. The Bertz CT molecular complexity index is 1170. The van der Waals surface area contributed by atoms with Crippen molar-refractivity contribution in [3.63, 3.8) is 0 Å². The van der Waals surface area contributed by atoms with E-state index in [1.165, 1.54) is 0 Å². The molecule has 0 atom stereocenters. The highest BCUT2D eigenvalue weighted by Gasteiger charge is 2.13. The summed E-state index contributed by atoms with van der Waals surface area (Å²) in [5, 5.41) is 0. The Morgan fingerprint density at radius 3 is 1.97 bits per heavy atom. The van der Waals surface area contributed by atoms with Crippen LogP contribution in [-0.4, -0.2) is 25.3 Å². The second-order valence-corrected chi connectivity index (χ2v) is 10.4. The quantitative estimate of drug-likeness (QED) is 0.160. The highest BCUT2D eigenvalue weighted by Crippen LogP contribution is 2.39. The summed E-state index contributed by atoms with van der Waals surface area (Å²) in [5.74, 6) is 1.46. The summed E-state index contributed by atoms with van der Waals surface area (Å²) >= 11 is 0. The number of rotatable bonds is 16. The molecule has 192 valence electrons. The maximum absolute atomic E-state index is 10.7. The normalized spacial score (nSPS) is 11.2. The highest BCUT2D eigenvalue weighted by atomic mass is 32.2. The molecule has 0 spiro atoms. The van der Waals surface area contributed by atoms with Crippen LogP contribution in [0.15, 0.2) is 79.4 Å². The molecule has 1 N–H and O–H groups in total. The predicted molar refractivity (Wildman–Crippen MR) is 147 cm³/mol. The summed E-state index contributed by atoms with van der Waals surface area (Å²) in [4.78, 5) is 0. The maximum Gasteiger partial charge on any atom is 0.264 e. The van der Waals surface area contributed by atoms with Crippen LogP contribution in [0.25, 0.3) is 17.2 Å². The average molecular weight is 509 g/mol. The van der Waals surface area contributed by atoms with Crippen molar-refractivity contribution in [3.8, 4) is 22.6 Å². The minimum atomic E-state index is -3.83. The molecule has 5 nitrogen and oxygen atoms in total. The molecule has 0 aliphatic carbocycles. The second kappa shape index (κ2) is 14.5. The first-order valence-corrected chi connectivity index (χ1v) is 14.2. The van der Waals surface area contributed by atoms with Crippen LogP contribution in [0.3, 0.4) is 0 Å². The molecular formula is C30H36O5S. The van der Waals surface area contributed by atoms with Crippen molar-refractivity contribution in [1.82, 2.24) is 0 Å². The Balaban J connectivity index is 1.53. The molecule has 0 unspecified atom stereocenters. The van der Waals surface area contributed by atoms with E-state index < -0.39 is 10.1 Å². The van der Waals surface area contributed by atoms with Crippen molar-refractivity contribution in [2.24, 2.45) is 0 Å². The van der Waals surface area contributed by atoms with Crippen LogP contribution in [0.2, 0.25) is 0 Å². The van der Waals surface area contributed by atoms with Gasteiger partial charge in [0.05, 0.1) is 17.9 Å². The zero-order valence-corrected chi connectivity index (χ0v) is 21.6. The first-order chi connectivity index (χ1) is 17.5. The molecule has 3 rings (SSSR count). The molecule has 0 aliphatic heterocycles. The van der Waals surface area contributed by atoms with Gasteiger partial charge in [-0.1, -0.05) is 105 Å². The SMILES string of the molecule is C=Cc1ccc(COc2cccc(OCCCCCCCCCS(=O)(=O)O)c2-c2ccccc2)cc1. The van der Waals surface area contributed by atoms with E-state index in [0.717, 1.165) is 72.3 Å². The van der Waals surface area contributed by atoms with Gasteiger partial charge in [-0.05, 0) is 41.7 Å². The third-order valence-corrected chi connectivity index (χ3v) is 6.77. The molecule has 0 heterocycles. The molecule has 36 heavy (non-hydrogen) atoms. The molecule has 3 aromatic rings. The highest BCUT2D eigenvalue weighted by molar-refractivity contribution is 7.85. The maximum atomic E-state index is 10.7. The van der Waals surface area contributed by atoms with Crippen LogP contribution >= 0.6 is 0 Å². The zero-order chi connectivity index (χ0) is 25.6. The van der Waals surface area contributed by atoms with Crippen LogP contribution in [0.5, 0.6) is 11.5 Å². The van der Waals surface area contributed by atoms with Gasteiger partial charge in [0.2, 0.25) is 0 Å². The van der Waals surface area contributed by atoms with Gasteiger partial charge in [0.15, 0.2) is 0 Å². The second-order valence-electron chi connectivity index (χ2n) is 8.84. The lowest BCUT2D eigenvalue weighted by molar-refractivity contribution is 0.292. The monoisotopic (exact) mass is 508 g/mol. The lowest BCUT2D eigenvalue weighted by Crippen LogP contribution is -2.03. The van der Waals surface area contributed by atoms with Crippen molar-refractivity contribution in [1.29, 1.82) is 0 Å². The van der Waals surface area contributed by atoms with Gasteiger partial charge in [-0.15, -0.1) is 0 Å². The van der Waals surface area contributed by atoms with E-state index in [9.17, 15) is 8.42 Å². The van der Waals surface area contributed by atoms with E-state index in [4.69, 9.17) is 14.0 Å². The number of hydrogen-bond donors (Lipinski definition) is 1. The van der Waals surface area contributed by atoms with E-state index >= 15 is 0 Å². The summed E-state index contributed by atoms with van der Waals surface area (Å²) < 4.78 is 42.7. The van der Waals surface area contributed by atoms with Gasteiger partial charge in [-0.3, -0.25) is 4.55 Å². The molecule has 0 aromatic heterocycles. The Labute approximate surface area is 215 Å². The number of benzene rings is 3. The van der Waals surface area contributed by atoms with Crippen LogP contribution in [0.4, 0.5) is 0 Å². The fourth-order valence-electron chi connectivity index (χ4n) is 4.00. The minimum Gasteiger partial charge on any atom is -0.493 e. The Kier molecular flexibility index (Phi) is 11.0. The molecule has 0 radical (unpaired) electrons. The van der Waals surface area contributed by atoms with Gasteiger partial charge in [0, 0.05) is 0 Å². The van der Waals surface area contributed by atoms with Crippen LogP contribution < -0.4 is 9.47 Å². The average Bonchev–Trinajstić information content (AvgIpc) is 2.88. The Hall–Kier alpha value is -3.09. The van der Waals surface area contributed by atoms with Gasteiger partial charge >= 0.3 is 0 Å². The Morgan fingerprint density at radius 1 is 0.722 bits per heavy atom. The molecule has 0 bridgehead atoms. The molecule has 3 aromatic carbocycles. The lowest BCUT2D eigenvalue weighted by atomic mass is 10.0. The first-order valence-electron chi connectivity index (χ1n) is 12.6. The summed E-state index contributed by atoms with van der Waals surface area (Å²) in [5.41, 5.74) is 4.18. The zero-order valence-electron chi connectivity index (χ0n) is 20.8. The first kappa shape index (κ1) is 27.5. The molecular weight excluding hydrogens is 472 g/mol. The molecule has 6 heteroatoms. The molecule has 0 aliphatic rings. The van der Waals surface area contributed by atoms with Crippen LogP contribution in [0, 0.1) is 0 Å². The fourth-order valence-corrected chi connectivity index (χ4v) is 4.57. The summed E-state index contributed by atoms with van der Waals surface area (Å²) in [7, 11) is -3.83. The minimum absolute atomic E-state index is 0.144. The fraction of sp³-hybridized carbons (Fsp3) is 0.333. The molecule has 0 amide bonds. The van der Waals surface area contributed by atoms with E-state index in [1.807, 2.05) is 66.7 Å². The van der Waals surface area contributed by atoms with E-state index in [1.54, 1.807) is 0 Å². The summed E-state index contributed by atoms with van der Waals surface area (Å²) in [6.07, 6.45) is 8.27. The topological polar surface area (TPSA) is 72.8 Å². The third kappa shape index (κ3) is 9.51. The van der Waals surface area contributed by atoms with Crippen molar-refractivity contribution in [3.05, 3.63) is 90.5 Å². The lowest BCUT2D eigenvalue weighted by Gasteiger charge is -2.17. The van der Waals surface area contributed by atoms with E-state index in [0.29, 0.717) is 19.6 Å². The summed E-state index contributed by atoms with van der Waals surface area (Å²) in [6, 6.07) is 24.3. The van der Waals surface area contributed by atoms with E-state index in [2.05, 4.69) is 18.7 Å². The van der Waals surface area contributed by atoms with Gasteiger partial charge in [0.25, 0.3) is 10.1 Å². The molecule has 0 saturated carbocycles. The standard InChI is InChI=1S/C30H36O5S/c1-2-25-18-20-26(21-19-25)24-35-29-17-13-16-28(30(29)27-14-9-8-10-15-27)34-22-11-6-4-3-5-7-12-23-36(31,32)33/h2,8-10,13-21H,1,3-7,11-12,22-24H2,(H,31,32,33). The largest absolute Gasteiger partial charge is 0.493 e.